The van der Waals surface area contributed by atoms with Crippen LogP contribution in [0.2, 0.25) is 0 Å². The van der Waals surface area contributed by atoms with Crippen molar-refractivity contribution in [2.45, 2.75) is 34.1 Å². The molecule has 0 rings (SSSR count). The molecule has 102 valence electrons. The SMILES string of the molecule is CCOCCN(CC)C(=O)C(CN)CC(C)C. The Balaban J connectivity index is 4.27. The Kier molecular flexibility index (Phi) is 9.09. The molecule has 0 bridgehead atoms. The quantitative estimate of drug-likeness (QED) is 0.625. The fourth-order valence-corrected chi connectivity index (χ4v) is 1.87. The Hall–Kier alpha value is -0.610. The van der Waals surface area contributed by atoms with Gasteiger partial charge in [0.05, 0.1) is 12.5 Å². The predicted molar refractivity (Wildman–Crippen MR) is 70.7 cm³/mol. The summed E-state index contributed by atoms with van der Waals surface area (Å²) in [5.41, 5.74) is 5.69. The summed E-state index contributed by atoms with van der Waals surface area (Å²) >= 11 is 0. The maximum atomic E-state index is 12.2. The van der Waals surface area contributed by atoms with Gasteiger partial charge < -0.3 is 15.4 Å². The molecule has 0 heterocycles. The summed E-state index contributed by atoms with van der Waals surface area (Å²) in [6, 6.07) is 0. The average Bonchev–Trinajstić information content (AvgIpc) is 2.30. The van der Waals surface area contributed by atoms with Crippen LogP contribution < -0.4 is 5.73 Å². The largest absolute Gasteiger partial charge is 0.380 e. The number of hydrogen-bond acceptors (Lipinski definition) is 3. The number of hydrogen-bond donors (Lipinski definition) is 1. The maximum Gasteiger partial charge on any atom is 0.227 e. The van der Waals surface area contributed by atoms with Crippen LogP contribution in [0.15, 0.2) is 0 Å². The number of nitrogens with two attached hydrogens (primary N) is 1. The normalized spacial score (nSPS) is 12.8. The van der Waals surface area contributed by atoms with E-state index in [2.05, 4.69) is 13.8 Å². The highest BCUT2D eigenvalue weighted by molar-refractivity contribution is 5.79. The third-order valence-corrected chi connectivity index (χ3v) is 2.79. The molecule has 0 spiro atoms. The van der Waals surface area contributed by atoms with Crippen molar-refractivity contribution >= 4 is 5.91 Å². The molecule has 0 saturated heterocycles. The molecular formula is C13H28N2O2. The first-order valence-electron chi connectivity index (χ1n) is 6.63. The van der Waals surface area contributed by atoms with Gasteiger partial charge in [0, 0.05) is 26.2 Å². The molecule has 4 nitrogen and oxygen atoms in total. The topological polar surface area (TPSA) is 55.6 Å². The van der Waals surface area contributed by atoms with Crippen LogP contribution in [0.25, 0.3) is 0 Å². The molecule has 0 aromatic rings. The van der Waals surface area contributed by atoms with Crippen molar-refractivity contribution in [1.82, 2.24) is 4.90 Å². The standard InChI is InChI=1S/C13H28N2O2/c1-5-15(7-8-17-6-2)13(16)12(10-14)9-11(3)4/h11-12H,5-10,14H2,1-4H3. The smallest absolute Gasteiger partial charge is 0.227 e. The number of rotatable bonds is 9. The Labute approximate surface area is 105 Å². The van der Waals surface area contributed by atoms with Gasteiger partial charge in [0.2, 0.25) is 5.91 Å². The molecule has 0 aromatic carbocycles. The molecule has 0 aromatic heterocycles. The van der Waals surface area contributed by atoms with Crippen LogP contribution in [0.5, 0.6) is 0 Å². The molecule has 1 amide bonds. The lowest BCUT2D eigenvalue weighted by Gasteiger charge is -2.26. The molecule has 0 fully saturated rings. The highest BCUT2D eigenvalue weighted by atomic mass is 16.5. The molecular weight excluding hydrogens is 216 g/mol. The van der Waals surface area contributed by atoms with E-state index in [1.54, 1.807) is 0 Å². The van der Waals surface area contributed by atoms with Gasteiger partial charge in [-0.2, -0.15) is 0 Å². The first-order chi connectivity index (χ1) is 8.06. The zero-order valence-electron chi connectivity index (χ0n) is 11.7. The number of carbonyl (C=O) groups excluding carboxylic acids is 1. The second-order valence-electron chi connectivity index (χ2n) is 4.68. The van der Waals surface area contributed by atoms with Gasteiger partial charge in [0.15, 0.2) is 0 Å². The Morgan fingerprint density at radius 1 is 1.35 bits per heavy atom. The van der Waals surface area contributed by atoms with Crippen LogP contribution in [-0.4, -0.2) is 43.7 Å². The first-order valence-corrected chi connectivity index (χ1v) is 6.63. The van der Waals surface area contributed by atoms with Crippen LogP contribution >= 0.6 is 0 Å². The molecule has 0 radical (unpaired) electrons. The average molecular weight is 244 g/mol. The highest BCUT2D eigenvalue weighted by Gasteiger charge is 2.22. The molecule has 0 saturated carbocycles. The highest BCUT2D eigenvalue weighted by Crippen LogP contribution is 2.13. The second-order valence-corrected chi connectivity index (χ2v) is 4.68. The van der Waals surface area contributed by atoms with Crippen LogP contribution in [-0.2, 0) is 9.53 Å². The molecule has 0 aliphatic heterocycles. The summed E-state index contributed by atoms with van der Waals surface area (Å²) in [6.07, 6.45) is 0.862. The summed E-state index contributed by atoms with van der Waals surface area (Å²) in [5.74, 6) is 0.623. The molecule has 4 heteroatoms. The van der Waals surface area contributed by atoms with E-state index in [-0.39, 0.29) is 11.8 Å². The van der Waals surface area contributed by atoms with Gasteiger partial charge in [-0.25, -0.2) is 0 Å². The molecule has 1 atom stereocenters. The van der Waals surface area contributed by atoms with Crippen molar-refractivity contribution in [3.8, 4) is 0 Å². The van der Waals surface area contributed by atoms with Crippen LogP contribution in [0.4, 0.5) is 0 Å². The van der Waals surface area contributed by atoms with Gasteiger partial charge in [-0.3, -0.25) is 4.79 Å². The summed E-state index contributed by atoms with van der Waals surface area (Å²) in [7, 11) is 0. The summed E-state index contributed by atoms with van der Waals surface area (Å²) in [4.78, 5) is 14.1. The van der Waals surface area contributed by atoms with Crippen LogP contribution in [0.3, 0.4) is 0 Å². The number of nitrogens with zero attached hydrogens (tertiary/aromatic N) is 1. The minimum absolute atomic E-state index is 0.0448. The van der Waals surface area contributed by atoms with E-state index in [1.165, 1.54) is 0 Å². The van der Waals surface area contributed by atoms with Gasteiger partial charge in [0.1, 0.15) is 0 Å². The van der Waals surface area contributed by atoms with Gasteiger partial charge in [-0.05, 0) is 26.2 Å². The van der Waals surface area contributed by atoms with Gasteiger partial charge in [-0.15, -0.1) is 0 Å². The van der Waals surface area contributed by atoms with Crippen LogP contribution in [0, 0.1) is 11.8 Å². The number of carbonyl (C=O) groups is 1. The van der Waals surface area contributed by atoms with Crippen molar-refractivity contribution < 1.29 is 9.53 Å². The van der Waals surface area contributed by atoms with Crippen molar-refractivity contribution in [3.05, 3.63) is 0 Å². The fraction of sp³-hybridized carbons (Fsp3) is 0.923. The summed E-state index contributed by atoms with van der Waals surface area (Å²) < 4.78 is 5.29. The monoisotopic (exact) mass is 244 g/mol. The zero-order chi connectivity index (χ0) is 13.3. The lowest BCUT2D eigenvalue weighted by atomic mass is 9.96. The summed E-state index contributed by atoms with van der Waals surface area (Å²) in [6.45, 7) is 11.3. The molecule has 0 aliphatic carbocycles. The third-order valence-electron chi connectivity index (χ3n) is 2.79. The fourth-order valence-electron chi connectivity index (χ4n) is 1.87. The van der Waals surface area contributed by atoms with Gasteiger partial charge in [0.25, 0.3) is 0 Å². The summed E-state index contributed by atoms with van der Waals surface area (Å²) in [5, 5.41) is 0. The van der Waals surface area contributed by atoms with E-state index in [4.69, 9.17) is 10.5 Å². The minimum Gasteiger partial charge on any atom is -0.380 e. The van der Waals surface area contributed by atoms with E-state index in [9.17, 15) is 4.79 Å². The molecule has 0 aliphatic rings. The second kappa shape index (κ2) is 9.42. The van der Waals surface area contributed by atoms with Gasteiger partial charge >= 0.3 is 0 Å². The van der Waals surface area contributed by atoms with Crippen molar-refractivity contribution in [1.29, 1.82) is 0 Å². The number of amides is 1. The van der Waals surface area contributed by atoms with Gasteiger partial charge in [-0.1, -0.05) is 13.8 Å². The van der Waals surface area contributed by atoms with E-state index < -0.39 is 0 Å². The number of likely N-dealkylation sites (N-methyl/N-ethyl adjacent to an activating group) is 1. The molecule has 17 heavy (non-hydrogen) atoms. The Bertz CT molecular complexity index is 208. The van der Waals surface area contributed by atoms with E-state index in [1.807, 2.05) is 18.7 Å². The van der Waals surface area contributed by atoms with E-state index in [0.717, 1.165) is 13.0 Å². The lowest BCUT2D eigenvalue weighted by Crippen LogP contribution is -2.41. The van der Waals surface area contributed by atoms with Crippen molar-refractivity contribution in [2.24, 2.45) is 17.6 Å². The lowest BCUT2D eigenvalue weighted by molar-refractivity contribution is -0.136. The van der Waals surface area contributed by atoms with Crippen molar-refractivity contribution in [3.63, 3.8) is 0 Å². The molecule has 2 N–H and O–H groups in total. The van der Waals surface area contributed by atoms with Crippen LogP contribution in [0.1, 0.15) is 34.1 Å². The minimum atomic E-state index is -0.0448. The molecule has 1 unspecified atom stereocenters. The van der Waals surface area contributed by atoms with Crippen molar-refractivity contribution in [2.75, 3.05) is 32.8 Å². The number of ether oxygens (including phenoxy) is 1. The Morgan fingerprint density at radius 2 is 2.00 bits per heavy atom. The maximum absolute atomic E-state index is 12.2. The predicted octanol–water partition coefficient (Wildman–Crippen LogP) is 1.49. The zero-order valence-corrected chi connectivity index (χ0v) is 11.7. The first kappa shape index (κ1) is 16.4. The van der Waals surface area contributed by atoms with E-state index >= 15 is 0 Å². The van der Waals surface area contributed by atoms with E-state index in [0.29, 0.717) is 32.2 Å². The Morgan fingerprint density at radius 3 is 2.41 bits per heavy atom. The third kappa shape index (κ3) is 6.64.